The Kier molecular flexibility index (Phi) is 10.0. The predicted molar refractivity (Wildman–Crippen MR) is 152 cm³/mol. The summed E-state index contributed by atoms with van der Waals surface area (Å²) in [4.78, 5) is 12.5. The molecule has 4 saturated carbocycles. The van der Waals surface area contributed by atoms with Crippen LogP contribution in [-0.4, -0.2) is 69.3 Å². The maximum absolute atomic E-state index is 14.6. The lowest BCUT2D eigenvalue weighted by molar-refractivity contribution is -0.417. The topological polar surface area (TPSA) is 77.8 Å². The van der Waals surface area contributed by atoms with Crippen LogP contribution in [0.4, 0.5) is 48.3 Å². The van der Waals surface area contributed by atoms with Crippen molar-refractivity contribution >= 4 is 5.78 Å². The second-order valence-electron chi connectivity index (χ2n) is 14.1. The van der Waals surface area contributed by atoms with Gasteiger partial charge in [0.15, 0.2) is 0 Å². The molecule has 0 heterocycles. The number of hydrogen-bond acceptors (Lipinski definition) is 4. The van der Waals surface area contributed by atoms with Crippen molar-refractivity contribution in [3.8, 4) is 0 Å². The van der Waals surface area contributed by atoms with Gasteiger partial charge in [-0.3, -0.25) is 4.79 Å². The van der Waals surface area contributed by atoms with E-state index in [-0.39, 0.29) is 29.6 Å². The third-order valence-electron chi connectivity index (χ3n) is 11.2. The van der Waals surface area contributed by atoms with Gasteiger partial charge in [-0.2, -0.15) is 48.3 Å². The molecular weight excluding hydrogens is 669 g/mol. The van der Waals surface area contributed by atoms with Crippen molar-refractivity contribution in [1.82, 2.24) is 0 Å². The number of aliphatic hydroxyl groups excluding tert-OH is 3. The number of aliphatic hydroxyl groups is 3. The van der Waals surface area contributed by atoms with Crippen LogP contribution in [0.3, 0.4) is 0 Å². The van der Waals surface area contributed by atoms with Crippen LogP contribution >= 0.6 is 0 Å². The summed E-state index contributed by atoms with van der Waals surface area (Å²) < 4.78 is 149. The molecule has 4 aliphatic carbocycles. The minimum absolute atomic E-state index is 0.0458. The summed E-state index contributed by atoms with van der Waals surface area (Å²) in [6.07, 6.45) is -2.00. The van der Waals surface area contributed by atoms with Gasteiger partial charge in [-0.25, -0.2) is 0 Å². The highest BCUT2D eigenvalue weighted by Crippen LogP contribution is 2.62. The van der Waals surface area contributed by atoms with Gasteiger partial charge in [-0.1, -0.05) is 50.3 Å². The molecule has 0 aromatic rings. The van der Waals surface area contributed by atoms with Crippen molar-refractivity contribution in [2.24, 2.45) is 28.6 Å². The monoisotopic (exact) mass is 708 g/mol. The lowest BCUT2D eigenvalue weighted by atomic mass is 9.61. The Morgan fingerprint density at radius 2 is 1.50 bits per heavy atom. The number of carbonyl (C=O) groups is 1. The molecular formula is C33H39F11O4. The Morgan fingerprint density at radius 1 is 0.896 bits per heavy atom. The van der Waals surface area contributed by atoms with Gasteiger partial charge in [0.2, 0.25) is 5.78 Å². The van der Waals surface area contributed by atoms with Gasteiger partial charge in [0.1, 0.15) is 0 Å². The summed E-state index contributed by atoms with van der Waals surface area (Å²) in [7, 11) is 0. The van der Waals surface area contributed by atoms with Crippen LogP contribution in [0.15, 0.2) is 47.6 Å². The summed E-state index contributed by atoms with van der Waals surface area (Å²) in [5.41, 5.74) is -0.634. The first-order valence-electron chi connectivity index (χ1n) is 15.7. The summed E-state index contributed by atoms with van der Waals surface area (Å²) >= 11 is 0. The number of halogens is 11. The number of carbonyl (C=O) groups excluding carboxylic acids is 1. The van der Waals surface area contributed by atoms with Crippen molar-refractivity contribution in [1.29, 1.82) is 0 Å². The van der Waals surface area contributed by atoms with Gasteiger partial charge in [0.25, 0.3) is 0 Å². The molecule has 4 aliphatic rings. The van der Waals surface area contributed by atoms with Crippen LogP contribution in [0.25, 0.3) is 0 Å². The third kappa shape index (κ3) is 6.07. The highest BCUT2D eigenvalue weighted by atomic mass is 19.4. The average Bonchev–Trinajstić information content (AvgIpc) is 3.71. The fraction of sp³-hybridized carbons (Fsp3) is 0.727. The lowest BCUT2D eigenvalue weighted by Gasteiger charge is -2.44. The lowest BCUT2D eigenvalue weighted by Crippen LogP contribution is -2.69. The molecule has 0 amide bonds. The highest BCUT2D eigenvalue weighted by molar-refractivity contribution is 5.95. The predicted octanol–water partition coefficient (Wildman–Crippen LogP) is 8.13. The first-order valence-corrected chi connectivity index (χ1v) is 15.7. The Labute approximate surface area is 270 Å². The molecule has 0 spiro atoms. The van der Waals surface area contributed by atoms with Gasteiger partial charge in [0.05, 0.1) is 23.7 Å². The highest BCUT2D eigenvalue weighted by Gasteiger charge is 2.89. The molecule has 0 bridgehead atoms. The molecule has 4 rings (SSSR count). The van der Waals surface area contributed by atoms with Gasteiger partial charge in [0, 0.05) is 6.42 Å². The third-order valence-corrected chi connectivity index (χ3v) is 11.2. The van der Waals surface area contributed by atoms with Crippen molar-refractivity contribution in [3.05, 3.63) is 47.6 Å². The second-order valence-corrected chi connectivity index (χ2v) is 14.1. The van der Waals surface area contributed by atoms with Gasteiger partial charge in [-0.05, 0) is 85.7 Å². The molecule has 48 heavy (non-hydrogen) atoms. The summed E-state index contributed by atoms with van der Waals surface area (Å²) in [5, 5.41) is 30.9. The van der Waals surface area contributed by atoms with E-state index in [0.717, 1.165) is 42.9 Å². The van der Waals surface area contributed by atoms with Crippen LogP contribution in [0, 0.1) is 28.6 Å². The van der Waals surface area contributed by atoms with E-state index in [1.807, 2.05) is 12.2 Å². The number of alkyl halides is 11. The quantitative estimate of drug-likeness (QED) is 0.158. The van der Waals surface area contributed by atoms with E-state index in [1.54, 1.807) is 6.92 Å². The Bertz CT molecular complexity index is 1360. The fourth-order valence-electron chi connectivity index (χ4n) is 8.03. The van der Waals surface area contributed by atoms with Gasteiger partial charge < -0.3 is 15.3 Å². The van der Waals surface area contributed by atoms with Crippen LogP contribution in [0.2, 0.25) is 0 Å². The van der Waals surface area contributed by atoms with Crippen molar-refractivity contribution in [3.63, 3.8) is 0 Å². The maximum Gasteiger partial charge on any atom is 0.460 e. The van der Waals surface area contributed by atoms with Gasteiger partial charge >= 0.3 is 29.9 Å². The Morgan fingerprint density at radius 3 is 2.06 bits per heavy atom. The Balaban J connectivity index is 1.50. The van der Waals surface area contributed by atoms with E-state index < -0.39 is 72.2 Å². The fourth-order valence-corrected chi connectivity index (χ4v) is 8.03. The number of rotatable bonds is 10. The molecule has 272 valence electrons. The average molecular weight is 709 g/mol. The van der Waals surface area contributed by atoms with E-state index in [2.05, 4.69) is 13.5 Å². The van der Waals surface area contributed by atoms with E-state index in [1.165, 1.54) is 6.08 Å². The second kappa shape index (κ2) is 12.5. The number of fused-ring (bicyclic) bond motifs is 1. The normalized spacial score (nSPS) is 33.3. The molecule has 4 fully saturated rings. The van der Waals surface area contributed by atoms with E-state index in [4.69, 9.17) is 0 Å². The van der Waals surface area contributed by atoms with Crippen LogP contribution in [0.1, 0.15) is 71.6 Å². The first kappa shape index (κ1) is 38.5. The van der Waals surface area contributed by atoms with E-state index >= 15 is 0 Å². The van der Waals surface area contributed by atoms with Crippen molar-refractivity contribution in [2.45, 2.75) is 120 Å². The zero-order chi connectivity index (χ0) is 36.5. The minimum Gasteiger partial charge on any atom is -0.393 e. The molecule has 3 N–H and O–H groups in total. The minimum atomic E-state index is -7.70. The largest absolute Gasteiger partial charge is 0.460 e. The van der Waals surface area contributed by atoms with Crippen LogP contribution in [0.5, 0.6) is 0 Å². The molecule has 0 saturated heterocycles. The van der Waals surface area contributed by atoms with Crippen LogP contribution < -0.4 is 0 Å². The molecule has 0 aromatic carbocycles. The smallest absolute Gasteiger partial charge is 0.393 e. The number of hydrogen-bond donors (Lipinski definition) is 3. The number of ketones is 1. The molecule has 0 aromatic heterocycles. The van der Waals surface area contributed by atoms with Gasteiger partial charge in [-0.15, -0.1) is 0 Å². The summed E-state index contributed by atoms with van der Waals surface area (Å²) in [6.45, 7) is 7.75. The SMILES string of the molecule is C=C1C(=CC=C2CCC[C@]3(C)[C@@H]([C@H](C)C=C[C@H](O)C4(C(=O)C(F)(F)C(F)(F)C(F)(F)C(F)(F)C(F)(F)F)CC4)CC[C@@H]23)C[C@@H](O)C[C@@H]1O. The van der Waals surface area contributed by atoms with Crippen LogP contribution in [-0.2, 0) is 4.79 Å². The van der Waals surface area contributed by atoms with Crippen molar-refractivity contribution < 1.29 is 68.4 Å². The maximum atomic E-state index is 14.6. The summed E-state index contributed by atoms with van der Waals surface area (Å²) in [5.74, 6) is -32.8. The zero-order valence-electron chi connectivity index (χ0n) is 26.3. The number of Topliss-reactive ketones (excluding diaryl/α,β-unsaturated/α-hetero) is 1. The summed E-state index contributed by atoms with van der Waals surface area (Å²) in [6, 6.07) is 0. The van der Waals surface area contributed by atoms with Crippen molar-refractivity contribution in [2.75, 3.05) is 0 Å². The molecule has 4 nitrogen and oxygen atoms in total. The molecule has 7 atom stereocenters. The zero-order valence-corrected chi connectivity index (χ0v) is 26.3. The standard InChI is InChI=1S/C33H39F11O4/c1-17(22-9-10-23-19(5-4-12-27(22,23)3)7-8-20-15-21(45)16-24(46)18(20)2)6-11-25(47)28(13-14-28)26(48)29(34,35)30(36,37)31(38,39)32(40,41)33(42,43)44/h6-8,11,17,21-25,45-47H,2,4-5,9-10,12-16H2,1,3H3/t17-,21-,22-,23+,24+,25+,27-/m1/s1. The first-order chi connectivity index (χ1) is 21.8. The Hall–Kier alpha value is -2.26. The van der Waals surface area contributed by atoms with E-state index in [9.17, 15) is 68.4 Å². The van der Waals surface area contributed by atoms with E-state index in [0.29, 0.717) is 18.4 Å². The molecule has 0 aliphatic heterocycles. The molecule has 0 unspecified atom stereocenters. The molecule has 15 heteroatoms. The molecule has 0 radical (unpaired) electrons. The number of allylic oxidation sites excluding steroid dienone is 4.